The average molecular weight is 502 g/mol. The Morgan fingerprint density at radius 1 is 1.11 bits per heavy atom. The van der Waals surface area contributed by atoms with Gasteiger partial charge in [-0.2, -0.15) is 4.98 Å². The Kier molecular flexibility index (Phi) is 5.93. The van der Waals surface area contributed by atoms with E-state index in [2.05, 4.69) is 25.6 Å². The highest BCUT2D eigenvalue weighted by Crippen LogP contribution is 2.50. The van der Waals surface area contributed by atoms with Gasteiger partial charge in [-0.05, 0) is 63.2 Å². The Balaban J connectivity index is 1.41. The molecule has 9 heteroatoms. The fourth-order valence-electron chi connectivity index (χ4n) is 5.55. The molecule has 3 aromatic heterocycles. The Labute approximate surface area is 214 Å². The van der Waals surface area contributed by atoms with Crippen LogP contribution in [0.4, 0.5) is 5.95 Å². The largest absolute Gasteiger partial charge is 0.354 e. The number of aryl methyl sites for hydroxylation is 2. The maximum Gasteiger partial charge on any atom is 0.260 e. The monoisotopic (exact) mass is 501 g/mol. The zero-order valence-electron chi connectivity index (χ0n) is 20.3. The summed E-state index contributed by atoms with van der Waals surface area (Å²) in [4.78, 5) is 31.8. The molecule has 2 aliphatic rings. The number of halogens is 1. The van der Waals surface area contributed by atoms with Gasteiger partial charge in [-0.3, -0.25) is 14.3 Å². The quantitative estimate of drug-likeness (QED) is 0.392. The fourth-order valence-corrected chi connectivity index (χ4v) is 5.83. The Morgan fingerprint density at radius 3 is 2.69 bits per heavy atom. The summed E-state index contributed by atoms with van der Waals surface area (Å²) in [5.41, 5.74) is 4.23. The third kappa shape index (κ3) is 4.14. The molecule has 1 aliphatic carbocycles. The number of fused-ring (bicyclic) bond motifs is 2. The van der Waals surface area contributed by atoms with Crippen molar-refractivity contribution >= 4 is 28.6 Å². The van der Waals surface area contributed by atoms with Crippen molar-refractivity contribution < 1.29 is 0 Å². The van der Waals surface area contributed by atoms with Gasteiger partial charge in [0.2, 0.25) is 5.95 Å². The molecular formula is C27H28ClN7O. The molecule has 184 valence electrons. The van der Waals surface area contributed by atoms with Gasteiger partial charge in [0.25, 0.3) is 5.56 Å². The predicted molar refractivity (Wildman–Crippen MR) is 142 cm³/mol. The summed E-state index contributed by atoms with van der Waals surface area (Å²) in [6.45, 7) is 7.41. The number of rotatable bonds is 7. The lowest BCUT2D eigenvalue weighted by Crippen LogP contribution is -2.24. The molecule has 1 aliphatic heterocycles. The van der Waals surface area contributed by atoms with Gasteiger partial charge in [0.15, 0.2) is 0 Å². The van der Waals surface area contributed by atoms with E-state index in [0.29, 0.717) is 46.8 Å². The minimum atomic E-state index is -0.0856. The first-order valence-corrected chi connectivity index (χ1v) is 12.9. The van der Waals surface area contributed by atoms with Gasteiger partial charge in [0.1, 0.15) is 5.65 Å². The smallest absolute Gasteiger partial charge is 0.260 e. The molecule has 6 rings (SSSR count). The normalized spacial score (nSPS) is 20.5. The molecule has 0 spiro atoms. The number of hydrogen-bond acceptors (Lipinski definition) is 7. The summed E-state index contributed by atoms with van der Waals surface area (Å²) in [6.07, 6.45) is 6.17. The summed E-state index contributed by atoms with van der Waals surface area (Å²) in [5, 5.41) is 7.91. The summed E-state index contributed by atoms with van der Waals surface area (Å²) < 4.78 is 1.81. The number of piperidine rings is 1. The molecule has 1 saturated carbocycles. The van der Waals surface area contributed by atoms with Gasteiger partial charge in [-0.25, -0.2) is 9.97 Å². The van der Waals surface area contributed by atoms with E-state index in [1.165, 1.54) is 0 Å². The molecule has 1 saturated heterocycles. The molecule has 2 fully saturated rings. The third-order valence-corrected chi connectivity index (χ3v) is 7.74. The lowest BCUT2D eigenvalue weighted by Gasteiger charge is -2.15. The Hall–Kier alpha value is -3.36. The van der Waals surface area contributed by atoms with Crippen LogP contribution in [-0.2, 0) is 6.54 Å². The highest BCUT2D eigenvalue weighted by Gasteiger charge is 2.51. The standard InChI is InChI=1S/C27H28ClN7O/c1-3-31-27-32-11-17-8-20(19-5-4-16(9-23(19)28)24-14-29-10-15(2)33-24)26(36)35(25(17)34-27)7-6-18-21-12-30-13-22(18)21/h4-5,8-11,14,18,21-22,30H,3,6-7,12-13H2,1-2H3,(H,31,32,34)/t18-,21+,22-. The molecule has 0 bridgehead atoms. The molecule has 1 aromatic carbocycles. The number of anilines is 1. The van der Waals surface area contributed by atoms with Crippen LogP contribution in [0.1, 0.15) is 19.0 Å². The summed E-state index contributed by atoms with van der Waals surface area (Å²) in [6, 6.07) is 7.52. The molecule has 36 heavy (non-hydrogen) atoms. The topological polar surface area (TPSA) is 97.6 Å². The summed E-state index contributed by atoms with van der Waals surface area (Å²) >= 11 is 6.75. The van der Waals surface area contributed by atoms with Crippen LogP contribution in [0.25, 0.3) is 33.4 Å². The van der Waals surface area contributed by atoms with Crippen LogP contribution in [0.2, 0.25) is 5.02 Å². The first kappa shape index (κ1) is 23.1. The second-order valence-electron chi connectivity index (χ2n) is 9.70. The second-order valence-corrected chi connectivity index (χ2v) is 10.1. The minimum Gasteiger partial charge on any atom is -0.354 e. The number of benzene rings is 1. The molecule has 0 radical (unpaired) electrons. The average Bonchev–Trinajstić information content (AvgIpc) is 3.29. The fraction of sp³-hybridized carbons (Fsp3) is 0.370. The maximum atomic E-state index is 13.9. The van der Waals surface area contributed by atoms with Gasteiger partial charge in [0, 0.05) is 52.6 Å². The summed E-state index contributed by atoms with van der Waals surface area (Å²) in [7, 11) is 0. The number of nitrogens with one attached hydrogen (secondary N) is 2. The first-order valence-electron chi connectivity index (χ1n) is 12.5. The number of pyridine rings is 1. The van der Waals surface area contributed by atoms with Crippen molar-refractivity contribution in [1.29, 1.82) is 0 Å². The predicted octanol–water partition coefficient (Wildman–Crippen LogP) is 4.16. The zero-order chi connectivity index (χ0) is 24.8. The van der Waals surface area contributed by atoms with Crippen molar-refractivity contribution in [2.75, 3.05) is 25.0 Å². The molecular weight excluding hydrogens is 474 g/mol. The lowest BCUT2D eigenvalue weighted by atomic mass is 10.0. The van der Waals surface area contributed by atoms with Gasteiger partial charge in [-0.1, -0.05) is 23.7 Å². The van der Waals surface area contributed by atoms with Crippen LogP contribution >= 0.6 is 11.6 Å². The molecule has 0 amide bonds. The minimum absolute atomic E-state index is 0.0856. The number of hydrogen-bond donors (Lipinski definition) is 2. The van der Waals surface area contributed by atoms with E-state index in [4.69, 9.17) is 16.6 Å². The SMILES string of the molecule is CCNc1ncc2cc(-c3ccc(-c4cncc(C)n4)cc3Cl)c(=O)n(CC[C@H]3[C@H]4CNC[C@@H]34)c2n1. The zero-order valence-corrected chi connectivity index (χ0v) is 21.1. The van der Waals surface area contributed by atoms with Crippen LogP contribution in [0, 0.1) is 24.7 Å². The van der Waals surface area contributed by atoms with E-state index < -0.39 is 0 Å². The van der Waals surface area contributed by atoms with Crippen molar-refractivity contribution in [3.05, 3.63) is 63.9 Å². The van der Waals surface area contributed by atoms with Crippen molar-refractivity contribution in [3.8, 4) is 22.4 Å². The van der Waals surface area contributed by atoms with E-state index in [-0.39, 0.29) is 5.56 Å². The van der Waals surface area contributed by atoms with Gasteiger partial charge >= 0.3 is 0 Å². The number of nitrogens with zero attached hydrogens (tertiary/aromatic N) is 5. The molecule has 8 nitrogen and oxygen atoms in total. The van der Waals surface area contributed by atoms with E-state index in [0.717, 1.165) is 53.7 Å². The van der Waals surface area contributed by atoms with E-state index in [1.807, 2.05) is 42.7 Å². The van der Waals surface area contributed by atoms with Crippen LogP contribution in [0.15, 0.2) is 47.7 Å². The molecule has 3 atom stereocenters. The van der Waals surface area contributed by atoms with Crippen molar-refractivity contribution in [2.45, 2.75) is 26.8 Å². The molecule has 4 heterocycles. The Morgan fingerprint density at radius 2 is 1.94 bits per heavy atom. The highest BCUT2D eigenvalue weighted by molar-refractivity contribution is 6.33. The Bertz CT molecular complexity index is 1510. The lowest BCUT2D eigenvalue weighted by molar-refractivity contribution is 0.511. The van der Waals surface area contributed by atoms with E-state index in [9.17, 15) is 4.79 Å². The first-order chi connectivity index (χ1) is 17.5. The van der Waals surface area contributed by atoms with Crippen molar-refractivity contribution in [1.82, 2.24) is 29.8 Å². The molecule has 0 unspecified atom stereocenters. The molecule has 2 N–H and O–H groups in total. The highest BCUT2D eigenvalue weighted by atomic mass is 35.5. The molecule has 4 aromatic rings. The van der Waals surface area contributed by atoms with Crippen LogP contribution < -0.4 is 16.2 Å². The number of aromatic nitrogens is 5. The maximum absolute atomic E-state index is 13.9. The van der Waals surface area contributed by atoms with Gasteiger partial charge in [-0.15, -0.1) is 0 Å². The van der Waals surface area contributed by atoms with Gasteiger partial charge < -0.3 is 10.6 Å². The third-order valence-electron chi connectivity index (χ3n) is 7.43. The van der Waals surface area contributed by atoms with Crippen molar-refractivity contribution in [2.24, 2.45) is 17.8 Å². The van der Waals surface area contributed by atoms with E-state index >= 15 is 0 Å². The van der Waals surface area contributed by atoms with Crippen molar-refractivity contribution in [3.63, 3.8) is 0 Å². The van der Waals surface area contributed by atoms with Crippen LogP contribution in [0.5, 0.6) is 0 Å². The van der Waals surface area contributed by atoms with Crippen LogP contribution in [0.3, 0.4) is 0 Å². The van der Waals surface area contributed by atoms with Crippen LogP contribution in [-0.4, -0.2) is 44.1 Å². The van der Waals surface area contributed by atoms with Gasteiger partial charge in [0.05, 0.1) is 17.6 Å². The van der Waals surface area contributed by atoms with E-state index in [1.54, 1.807) is 18.6 Å². The summed E-state index contributed by atoms with van der Waals surface area (Å²) in [5.74, 6) is 2.69. The second kappa shape index (κ2) is 9.26.